The average Bonchev–Trinajstić information content (AvgIpc) is 3.36. The summed E-state index contributed by atoms with van der Waals surface area (Å²) in [6.45, 7) is 3.78. The number of furan rings is 1. The second kappa shape index (κ2) is 7.20. The van der Waals surface area contributed by atoms with E-state index in [0.717, 1.165) is 55.3 Å². The molecule has 2 aliphatic rings. The van der Waals surface area contributed by atoms with Gasteiger partial charge < -0.3 is 14.6 Å². The highest BCUT2D eigenvalue weighted by Crippen LogP contribution is 2.40. The van der Waals surface area contributed by atoms with Crippen molar-refractivity contribution in [3.05, 3.63) is 40.9 Å². The van der Waals surface area contributed by atoms with Crippen LogP contribution in [0.1, 0.15) is 47.2 Å². The number of anilines is 1. The smallest absolute Gasteiger partial charge is 0.289 e. The Kier molecular flexibility index (Phi) is 4.55. The molecule has 0 aromatic carbocycles. The van der Waals surface area contributed by atoms with Gasteiger partial charge in [0.1, 0.15) is 17.0 Å². The summed E-state index contributed by atoms with van der Waals surface area (Å²) in [5, 5.41) is 4.89. The molecule has 1 aliphatic heterocycles. The van der Waals surface area contributed by atoms with Crippen molar-refractivity contribution in [2.75, 3.05) is 18.4 Å². The van der Waals surface area contributed by atoms with Crippen molar-refractivity contribution in [3.63, 3.8) is 0 Å². The van der Waals surface area contributed by atoms with Crippen molar-refractivity contribution in [1.29, 1.82) is 0 Å². The predicted octanol–water partition coefficient (Wildman–Crippen LogP) is 4.13. The molecule has 7 heteroatoms. The van der Waals surface area contributed by atoms with Crippen LogP contribution in [0.2, 0.25) is 0 Å². The first kappa shape index (κ1) is 17.7. The molecule has 0 spiro atoms. The summed E-state index contributed by atoms with van der Waals surface area (Å²) in [7, 11) is 0. The van der Waals surface area contributed by atoms with Gasteiger partial charge in [-0.1, -0.05) is 6.92 Å². The van der Waals surface area contributed by atoms with E-state index in [1.165, 1.54) is 22.2 Å². The summed E-state index contributed by atoms with van der Waals surface area (Å²) < 4.78 is 5.25. The highest BCUT2D eigenvalue weighted by atomic mass is 32.1. The lowest BCUT2D eigenvalue weighted by molar-refractivity contribution is 0.0686. The molecule has 1 atom stereocenters. The number of amides is 1. The van der Waals surface area contributed by atoms with Crippen LogP contribution < -0.4 is 5.32 Å². The van der Waals surface area contributed by atoms with Gasteiger partial charge >= 0.3 is 0 Å². The molecule has 1 N–H and O–H groups in total. The number of aryl methyl sites for hydroxylation is 1. The van der Waals surface area contributed by atoms with E-state index in [-0.39, 0.29) is 5.91 Å². The van der Waals surface area contributed by atoms with E-state index in [0.29, 0.717) is 11.8 Å². The van der Waals surface area contributed by atoms with Crippen LogP contribution in [0.5, 0.6) is 0 Å². The predicted molar refractivity (Wildman–Crippen MR) is 110 cm³/mol. The van der Waals surface area contributed by atoms with Crippen molar-refractivity contribution in [3.8, 4) is 0 Å². The zero-order valence-electron chi connectivity index (χ0n) is 16.0. The topological polar surface area (TPSA) is 71.3 Å². The highest BCUT2D eigenvalue weighted by molar-refractivity contribution is 7.19. The average molecular weight is 397 g/mol. The molecular weight excluding hydrogens is 372 g/mol. The normalized spacial score (nSPS) is 20.3. The van der Waals surface area contributed by atoms with Gasteiger partial charge in [-0.25, -0.2) is 9.97 Å². The lowest BCUT2D eigenvalue weighted by Crippen LogP contribution is -2.42. The molecule has 28 heavy (non-hydrogen) atoms. The Morgan fingerprint density at radius 2 is 2.14 bits per heavy atom. The van der Waals surface area contributed by atoms with Crippen LogP contribution >= 0.6 is 11.3 Å². The van der Waals surface area contributed by atoms with Crippen LogP contribution in [0.4, 0.5) is 5.82 Å². The molecule has 1 fully saturated rings. The van der Waals surface area contributed by atoms with E-state index in [9.17, 15) is 4.79 Å². The molecule has 3 aromatic rings. The lowest BCUT2D eigenvalue weighted by Gasteiger charge is -2.32. The van der Waals surface area contributed by atoms with Gasteiger partial charge in [-0.2, -0.15) is 0 Å². The lowest BCUT2D eigenvalue weighted by atomic mass is 9.89. The number of likely N-dealkylation sites (tertiary alicyclic amines) is 1. The second-order valence-electron chi connectivity index (χ2n) is 7.94. The first-order valence-electron chi connectivity index (χ1n) is 10.0. The molecule has 1 unspecified atom stereocenters. The number of nitrogens with zero attached hydrogens (tertiary/aromatic N) is 3. The first-order chi connectivity index (χ1) is 13.7. The van der Waals surface area contributed by atoms with E-state index < -0.39 is 0 Å². The minimum absolute atomic E-state index is 0.0195. The van der Waals surface area contributed by atoms with Crippen molar-refractivity contribution in [2.45, 2.75) is 45.1 Å². The highest BCUT2D eigenvalue weighted by Gasteiger charge is 2.27. The number of hydrogen-bond acceptors (Lipinski definition) is 6. The Bertz CT molecular complexity index is 989. The number of thiophene rings is 1. The molecule has 1 amide bonds. The molecule has 5 rings (SSSR count). The molecule has 1 aliphatic carbocycles. The van der Waals surface area contributed by atoms with Gasteiger partial charge in [-0.3, -0.25) is 4.79 Å². The van der Waals surface area contributed by atoms with Crippen molar-refractivity contribution < 1.29 is 9.21 Å². The quantitative estimate of drug-likeness (QED) is 0.721. The first-order valence-corrected chi connectivity index (χ1v) is 10.8. The number of carbonyl (C=O) groups excluding carboxylic acids is 1. The minimum atomic E-state index is -0.0195. The van der Waals surface area contributed by atoms with E-state index in [1.54, 1.807) is 24.7 Å². The van der Waals surface area contributed by atoms with Crippen molar-refractivity contribution in [1.82, 2.24) is 14.9 Å². The molecular formula is C21H24N4O2S. The fourth-order valence-electron chi connectivity index (χ4n) is 4.36. The largest absolute Gasteiger partial charge is 0.459 e. The summed E-state index contributed by atoms with van der Waals surface area (Å²) in [5.41, 5.74) is 1.45. The van der Waals surface area contributed by atoms with Gasteiger partial charge in [-0.05, 0) is 55.7 Å². The Morgan fingerprint density at radius 1 is 1.29 bits per heavy atom. The third-order valence-electron chi connectivity index (χ3n) is 5.95. The number of carbonyl (C=O) groups is 1. The molecule has 0 radical (unpaired) electrons. The summed E-state index contributed by atoms with van der Waals surface area (Å²) >= 11 is 1.83. The van der Waals surface area contributed by atoms with Gasteiger partial charge in [0, 0.05) is 24.0 Å². The Hall–Kier alpha value is -2.41. The van der Waals surface area contributed by atoms with Crippen LogP contribution in [-0.2, 0) is 12.8 Å². The Morgan fingerprint density at radius 3 is 2.93 bits per heavy atom. The zero-order valence-corrected chi connectivity index (χ0v) is 16.8. The molecule has 6 nitrogen and oxygen atoms in total. The molecule has 0 bridgehead atoms. The van der Waals surface area contributed by atoms with Gasteiger partial charge in [-0.15, -0.1) is 11.3 Å². The van der Waals surface area contributed by atoms with Crippen LogP contribution in [0.15, 0.2) is 29.1 Å². The summed E-state index contributed by atoms with van der Waals surface area (Å²) in [5.74, 6) is 2.12. The fraction of sp³-hybridized carbons (Fsp3) is 0.476. The minimum Gasteiger partial charge on any atom is -0.459 e. The summed E-state index contributed by atoms with van der Waals surface area (Å²) in [6.07, 6.45) is 8.54. The van der Waals surface area contributed by atoms with E-state index in [4.69, 9.17) is 4.42 Å². The number of hydrogen-bond donors (Lipinski definition) is 1. The maximum Gasteiger partial charge on any atom is 0.289 e. The third-order valence-corrected chi connectivity index (χ3v) is 7.11. The Labute approximate surface area is 168 Å². The third kappa shape index (κ3) is 3.17. The maximum atomic E-state index is 12.4. The standard InChI is InChI=1S/C21H24N4O2S/c1-13-4-5-15-17(11-13)28-20-18(15)19(22-12-23-20)24-14-6-8-25(9-7-14)21(26)16-3-2-10-27-16/h2-3,10,12-14H,4-9,11H2,1H3,(H,22,23,24). The molecule has 0 saturated carbocycles. The van der Waals surface area contributed by atoms with Gasteiger partial charge in [0.25, 0.3) is 5.91 Å². The van der Waals surface area contributed by atoms with E-state index in [1.807, 2.05) is 16.2 Å². The van der Waals surface area contributed by atoms with Crippen LogP contribution in [0, 0.1) is 5.92 Å². The van der Waals surface area contributed by atoms with Gasteiger partial charge in [0.15, 0.2) is 5.76 Å². The number of fused-ring (bicyclic) bond motifs is 3. The zero-order chi connectivity index (χ0) is 19.1. The van der Waals surface area contributed by atoms with Crippen molar-refractivity contribution >= 4 is 33.3 Å². The summed E-state index contributed by atoms with van der Waals surface area (Å²) in [6, 6.07) is 3.80. The number of nitrogens with one attached hydrogen (secondary N) is 1. The van der Waals surface area contributed by atoms with Crippen LogP contribution in [0.3, 0.4) is 0 Å². The monoisotopic (exact) mass is 396 g/mol. The maximum absolute atomic E-state index is 12.4. The Balaban J connectivity index is 1.31. The van der Waals surface area contributed by atoms with E-state index >= 15 is 0 Å². The SMILES string of the molecule is CC1CCc2c(sc3ncnc(NC4CCN(C(=O)c5ccco5)CC4)c23)C1. The summed E-state index contributed by atoms with van der Waals surface area (Å²) in [4.78, 5) is 26.0. The number of piperidine rings is 1. The van der Waals surface area contributed by atoms with Gasteiger partial charge in [0.05, 0.1) is 11.6 Å². The second-order valence-corrected chi connectivity index (χ2v) is 9.03. The fourth-order valence-corrected chi connectivity index (χ4v) is 5.71. The number of rotatable bonds is 3. The molecule has 146 valence electrons. The van der Waals surface area contributed by atoms with E-state index in [2.05, 4.69) is 22.2 Å². The van der Waals surface area contributed by atoms with Crippen LogP contribution in [-0.4, -0.2) is 39.9 Å². The van der Waals surface area contributed by atoms with Crippen molar-refractivity contribution in [2.24, 2.45) is 5.92 Å². The number of aromatic nitrogens is 2. The molecule has 3 aromatic heterocycles. The molecule has 4 heterocycles. The van der Waals surface area contributed by atoms with Crippen LogP contribution in [0.25, 0.3) is 10.2 Å². The molecule has 1 saturated heterocycles. The van der Waals surface area contributed by atoms with Gasteiger partial charge in [0.2, 0.25) is 0 Å².